The highest BCUT2D eigenvalue weighted by molar-refractivity contribution is 8.00. The fourth-order valence-electron chi connectivity index (χ4n) is 3.28. The molecule has 3 rings (SSSR count). The van der Waals surface area contributed by atoms with Crippen LogP contribution in [0.2, 0.25) is 0 Å². The van der Waals surface area contributed by atoms with Crippen molar-refractivity contribution in [2.75, 3.05) is 25.4 Å². The molecule has 0 saturated carbocycles. The third-order valence-electron chi connectivity index (χ3n) is 5.23. The molecule has 5 heteroatoms. The zero-order valence-electron chi connectivity index (χ0n) is 14.1. The van der Waals surface area contributed by atoms with Crippen molar-refractivity contribution in [2.24, 2.45) is 5.41 Å². The van der Waals surface area contributed by atoms with E-state index in [0.29, 0.717) is 5.75 Å². The number of fused-ring (bicyclic) bond motifs is 1. The van der Waals surface area contributed by atoms with Crippen LogP contribution in [0.15, 0.2) is 41.6 Å². The number of amides is 1. The minimum atomic E-state index is 0.0150. The Bertz CT molecular complexity index is 700. The van der Waals surface area contributed by atoms with Gasteiger partial charge >= 0.3 is 0 Å². The van der Waals surface area contributed by atoms with Gasteiger partial charge in [-0.3, -0.25) is 4.79 Å². The van der Waals surface area contributed by atoms with Gasteiger partial charge in [-0.25, -0.2) is 4.98 Å². The summed E-state index contributed by atoms with van der Waals surface area (Å²) >= 11 is 1.51. The summed E-state index contributed by atoms with van der Waals surface area (Å²) in [6.45, 7) is 3.84. The maximum Gasteiger partial charge on any atom is 0.232 e. The standard InChI is InChI=1S/C19H24N2O2S/c1-2-19(14-22)8-11-21(12-9-19)17(23)13-24-18-16-6-4-3-5-15(16)7-10-20-18/h3-7,10,22H,2,8-9,11-14H2,1H3. The van der Waals surface area contributed by atoms with Gasteiger partial charge in [0.25, 0.3) is 0 Å². The number of likely N-dealkylation sites (tertiary alicyclic amines) is 1. The first kappa shape index (κ1) is 17.2. The Morgan fingerprint density at radius 2 is 2.04 bits per heavy atom. The number of pyridine rings is 1. The molecule has 0 radical (unpaired) electrons. The predicted octanol–water partition coefficient (Wildman–Crippen LogP) is 3.34. The molecule has 2 heterocycles. The first-order valence-electron chi connectivity index (χ1n) is 8.53. The fraction of sp³-hybridized carbons (Fsp3) is 0.474. The Balaban J connectivity index is 1.60. The summed E-state index contributed by atoms with van der Waals surface area (Å²) in [6, 6.07) is 10.1. The van der Waals surface area contributed by atoms with Crippen molar-refractivity contribution in [3.8, 4) is 0 Å². The molecule has 24 heavy (non-hydrogen) atoms. The van der Waals surface area contributed by atoms with E-state index in [1.54, 1.807) is 6.20 Å². The van der Waals surface area contributed by atoms with Crippen molar-refractivity contribution >= 4 is 28.4 Å². The lowest BCUT2D eigenvalue weighted by molar-refractivity contribution is -0.131. The fourth-order valence-corrected chi connectivity index (χ4v) is 4.20. The molecular formula is C19H24N2O2S. The van der Waals surface area contributed by atoms with Crippen molar-refractivity contribution in [1.29, 1.82) is 0 Å². The molecular weight excluding hydrogens is 320 g/mol. The van der Waals surface area contributed by atoms with Gasteiger partial charge in [0, 0.05) is 31.3 Å². The highest BCUT2D eigenvalue weighted by Gasteiger charge is 2.33. The van der Waals surface area contributed by atoms with Crippen LogP contribution >= 0.6 is 11.8 Å². The number of aliphatic hydroxyl groups excluding tert-OH is 1. The van der Waals surface area contributed by atoms with Crippen molar-refractivity contribution in [3.63, 3.8) is 0 Å². The van der Waals surface area contributed by atoms with Crippen molar-refractivity contribution < 1.29 is 9.90 Å². The number of nitrogens with zero attached hydrogens (tertiary/aromatic N) is 2. The zero-order chi connectivity index (χ0) is 17.0. The summed E-state index contributed by atoms with van der Waals surface area (Å²) < 4.78 is 0. The molecule has 0 aliphatic carbocycles. The molecule has 4 nitrogen and oxygen atoms in total. The number of carbonyl (C=O) groups excluding carboxylic acids is 1. The number of aromatic nitrogens is 1. The van der Waals surface area contributed by atoms with Crippen LogP contribution in [-0.4, -0.2) is 46.3 Å². The third-order valence-corrected chi connectivity index (χ3v) is 6.22. The van der Waals surface area contributed by atoms with E-state index in [2.05, 4.69) is 18.0 Å². The van der Waals surface area contributed by atoms with Crippen LogP contribution in [0.4, 0.5) is 0 Å². The van der Waals surface area contributed by atoms with Gasteiger partial charge in [0.1, 0.15) is 5.03 Å². The first-order valence-corrected chi connectivity index (χ1v) is 9.51. The van der Waals surface area contributed by atoms with E-state index in [0.717, 1.165) is 48.2 Å². The van der Waals surface area contributed by atoms with Crippen LogP contribution in [0.25, 0.3) is 10.8 Å². The van der Waals surface area contributed by atoms with Gasteiger partial charge in [-0.15, -0.1) is 0 Å². The lowest BCUT2D eigenvalue weighted by atomic mass is 9.77. The van der Waals surface area contributed by atoms with Crippen molar-refractivity contribution in [1.82, 2.24) is 9.88 Å². The lowest BCUT2D eigenvalue weighted by Crippen LogP contribution is -2.45. The first-order chi connectivity index (χ1) is 11.7. The number of benzene rings is 1. The summed E-state index contributed by atoms with van der Waals surface area (Å²) in [6.07, 6.45) is 4.55. The SMILES string of the molecule is CCC1(CO)CCN(C(=O)CSc2nccc3ccccc23)CC1. The Morgan fingerprint density at radius 3 is 2.75 bits per heavy atom. The van der Waals surface area contributed by atoms with Crippen LogP contribution in [0.1, 0.15) is 26.2 Å². The molecule has 0 bridgehead atoms. The third kappa shape index (κ3) is 3.57. The highest BCUT2D eigenvalue weighted by Crippen LogP contribution is 2.34. The van der Waals surface area contributed by atoms with Gasteiger partial charge in [0.05, 0.1) is 5.75 Å². The summed E-state index contributed by atoms with van der Waals surface area (Å²) in [5.74, 6) is 0.580. The van der Waals surface area contributed by atoms with E-state index in [1.165, 1.54) is 11.8 Å². The van der Waals surface area contributed by atoms with Gasteiger partial charge in [-0.1, -0.05) is 43.0 Å². The summed E-state index contributed by atoms with van der Waals surface area (Å²) in [7, 11) is 0. The van der Waals surface area contributed by atoms with E-state index in [9.17, 15) is 9.90 Å². The molecule has 0 spiro atoms. The number of hydrogen-bond donors (Lipinski definition) is 1. The second-order valence-electron chi connectivity index (χ2n) is 6.52. The maximum absolute atomic E-state index is 12.5. The van der Waals surface area contributed by atoms with Crippen LogP contribution in [-0.2, 0) is 4.79 Å². The number of piperidine rings is 1. The zero-order valence-corrected chi connectivity index (χ0v) is 14.9. The number of hydrogen-bond acceptors (Lipinski definition) is 4. The Hall–Kier alpha value is -1.59. The van der Waals surface area contributed by atoms with Gasteiger partial charge in [0.15, 0.2) is 0 Å². The number of rotatable bonds is 5. The Kier molecular flexibility index (Phi) is 5.41. The highest BCUT2D eigenvalue weighted by atomic mass is 32.2. The van der Waals surface area contributed by atoms with E-state index in [4.69, 9.17) is 0 Å². The lowest BCUT2D eigenvalue weighted by Gasteiger charge is -2.40. The van der Waals surface area contributed by atoms with Crippen LogP contribution < -0.4 is 0 Å². The minimum absolute atomic E-state index is 0.0150. The van der Waals surface area contributed by atoms with E-state index in [-0.39, 0.29) is 17.9 Å². The molecule has 1 N–H and O–H groups in total. The van der Waals surface area contributed by atoms with Gasteiger partial charge < -0.3 is 10.0 Å². The molecule has 0 unspecified atom stereocenters. The average molecular weight is 344 g/mol. The van der Waals surface area contributed by atoms with E-state index >= 15 is 0 Å². The monoisotopic (exact) mass is 344 g/mol. The van der Waals surface area contributed by atoms with E-state index < -0.39 is 0 Å². The normalized spacial score (nSPS) is 17.2. The number of thioether (sulfide) groups is 1. The van der Waals surface area contributed by atoms with Gasteiger partial charge in [-0.2, -0.15) is 0 Å². The van der Waals surface area contributed by atoms with E-state index in [1.807, 2.05) is 29.2 Å². The van der Waals surface area contributed by atoms with Crippen LogP contribution in [0.5, 0.6) is 0 Å². The van der Waals surface area contributed by atoms with Crippen molar-refractivity contribution in [2.45, 2.75) is 31.2 Å². The molecule has 1 saturated heterocycles. The van der Waals surface area contributed by atoms with Gasteiger partial charge in [0.2, 0.25) is 5.91 Å². The van der Waals surface area contributed by atoms with Crippen LogP contribution in [0, 0.1) is 5.41 Å². The largest absolute Gasteiger partial charge is 0.396 e. The van der Waals surface area contributed by atoms with Crippen LogP contribution in [0.3, 0.4) is 0 Å². The Labute approximate surface area is 147 Å². The molecule has 1 amide bonds. The van der Waals surface area contributed by atoms with Gasteiger partial charge in [-0.05, 0) is 36.1 Å². The molecule has 1 fully saturated rings. The second-order valence-corrected chi connectivity index (χ2v) is 7.48. The average Bonchev–Trinajstić information content (AvgIpc) is 2.66. The molecule has 1 aromatic carbocycles. The number of carbonyl (C=O) groups is 1. The molecule has 2 aromatic rings. The number of aliphatic hydroxyl groups is 1. The smallest absolute Gasteiger partial charge is 0.232 e. The molecule has 1 aliphatic heterocycles. The Morgan fingerprint density at radius 1 is 1.29 bits per heavy atom. The maximum atomic E-state index is 12.5. The summed E-state index contributed by atoms with van der Waals surface area (Å²) in [5.41, 5.74) is 0.0150. The quantitative estimate of drug-likeness (QED) is 0.845. The molecule has 0 atom stereocenters. The molecule has 1 aliphatic rings. The second kappa shape index (κ2) is 7.53. The van der Waals surface area contributed by atoms with Crippen molar-refractivity contribution in [3.05, 3.63) is 36.5 Å². The predicted molar refractivity (Wildman–Crippen MR) is 98.1 cm³/mol. The summed E-state index contributed by atoms with van der Waals surface area (Å²) in [4.78, 5) is 18.9. The molecule has 128 valence electrons. The topological polar surface area (TPSA) is 53.4 Å². The summed E-state index contributed by atoms with van der Waals surface area (Å²) in [5, 5.41) is 12.8. The molecule has 1 aromatic heterocycles. The minimum Gasteiger partial charge on any atom is -0.396 e.